The fourth-order valence-electron chi connectivity index (χ4n) is 2.34. The van der Waals surface area contributed by atoms with Crippen molar-refractivity contribution in [2.24, 2.45) is 0 Å². The summed E-state index contributed by atoms with van der Waals surface area (Å²) in [6, 6.07) is 8.67. The van der Waals surface area contributed by atoms with Crippen LogP contribution >= 0.6 is 11.6 Å². The monoisotopic (exact) mass is 411 g/mol. The number of rotatable bonds is 7. The number of hydrogen-bond acceptors (Lipinski definition) is 6. The lowest BCUT2D eigenvalue weighted by atomic mass is 10.2. The summed E-state index contributed by atoms with van der Waals surface area (Å²) >= 11 is 6.01. The van der Waals surface area contributed by atoms with Gasteiger partial charge in [0, 0.05) is 42.1 Å². The van der Waals surface area contributed by atoms with Crippen LogP contribution in [0.15, 0.2) is 41.3 Å². The highest BCUT2D eigenvalue weighted by Gasteiger charge is 2.18. The third-order valence-electron chi connectivity index (χ3n) is 3.78. The van der Waals surface area contributed by atoms with Gasteiger partial charge in [-0.15, -0.1) is 0 Å². The summed E-state index contributed by atoms with van der Waals surface area (Å²) in [4.78, 5) is 22.1. The van der Waals surface area contributed by atoms with E-state index in [4.69, 9.17) is 11.6 Å². The van der Waals surface area contributed by atoms with E-state index in [1.54, 1.807) is 25.1 Å². The van der Waals surface area contributed by atoms with E-state index >= 15 is 0 Å². The Morgan fingerprint density at radius 3 is 2.56 bits per heavy atom. The quantitative estimate of drug-likeness (QED) is 0.532. The second-order valence-electron chi connectivity index (χ2n) is 5.85. The van der Waals surface area contributed by atoms with E-state index in [0.717, 1.165) is 17.9 Å². The van der Waals surface area contributed by atoms with Gasteiger partial charge in [-0.3, -0.25) is 14.9 Å². The Hall–Kier alpha value is -2.65. The molecule has 0 saturated heterocycles. The van der Waals surface area contributed by atoms with Crippen LogP contribution in [-0.4, -0.2) is 32.0 Å². The molecular weight excluding hydrogens is 394 g/mol. The van der Waals surface area contributed by atoms with Crippen LogP contribution < -0.4 is 10.6 Å². The van der Waals surface area contributed by atoms with Gasteiger partial charge in [-0.05, 0) is 30.7 Å². The second-order valence-corrected chi connectivity index (χ2v) is 8.24. The molecule has 2 N–H and O–H groups in total. The predicted octanol–water partition coefficient (Wildman–Crippen LogP) is 3.40. The molecule has 0 aliphatic heterocycles. The first kappa shape index (κ1) is 20.7. The van der Waals surface area contributed by atoms with Crippen molar-refractivity contribution in [2.75, 3.05) is 23.4 Å². The second kappa shape index (κ2) is 8.36. The van der Waals surface area contributed by atoms with Gasteiger partial charge in [-0.1, -0.05) is 17.7 Å². The number of nitro groups is 1. The third-order valence-corrected chi connectivity index (χ3v) is 5.33. The molecule has 0 aliphatic carbocycles. The highest BCUT2D eigenvalue weighted by atomic mass is 35.5. The molecule has 8 nitrogen and oxygen atoms in total. The lowest BCUT2D eigenvalue weighted by Gasteiger charge is -2.12. The Morgan fingerprint density at radius 2 is 1.93 bits per heavy atom. The zero-order valence-electron chi connectivity index (χ0n) is 14.7. The molecule has 144 valence electrons. The van der Waals surface area contributed by atoms with E-state index < -0.39 is 14.8 Å². The van der Waals surface area contributed by atoms with Crippen molar-refractivity contribution in [1.29, 1.82) is 0 Å². The zero-order chi connectivity index (χ0) is 20.2. The van der Waals surface area contributed by atoms with Gasteiger partial charge in [-0.2, -0.15) is 0 Å². The van der Waals surface area contributed by atoms with Crippen LogP contribution in [0.1, 0.15) is 12.0 Å². The first-order chi connectivity index (χ1) is 12.6. The van der Waals surface area contributed by atoms with Crippen LogP contribution in [0.3, 0.4) is 0 Å². The molecule has 2 aromatic carbocycles. The van der Waals surface area contributed by atoms with Crippen LogP contribution in [0.4, 0.5) is 17.1 Å². The van der Waals surface area contributed by atoms with Crippen LogP contribution in [0.25, 0.3) is 0 Å². The number of amides is 1. The van der Waals surface area contributed by atoms with Gasteiger partial charge in [0.2, 0.25) is 5.91 Å². The normalized spacial score (nSPS) is 11.1. The molecular formula is C17H18ClN3O5S. The molecule has 0 atom stereocenters. The molecule has 0 aliphatic rings. The molecule has 0 fully saturated rings. The van der Waals surface area contributed by atoms with E-state index in [2.05, 4.69) is 10.6 Å². The summed E-state index contributed by atoms with van der Waals surface area (Å²) in [5.74, 6) is -0.282. The van der Waals surface area contributed by atoms with Crippen molar-refractivity contribution in [2.45, 2.75) is 18.2 Å². The summed E-state index contributed by atoms with van der Waals surface area (Å²) in [6.07, 6.45) is 1.03. The summed E-state index contributed by atoms with van der Waals surface area (Å²) in [6.45, 7) is 1.93. The number of non-ortho nitro benzene ring substituents is 1. The van der Waals surface area contributed by atoms with Gasteiger partial charge < -0.3 is 10.6 Å². The number of carbonyl (C=O) groups is 1. The van der Waals surface area contributed by atoms with Crippen LogP contribution in [0.5, 0.6) is 0 Å². The Bertz CT molecular complexity index is 992. The average molecular weight is 412 g/mol. The Morgan fingerprint density at radius 1 is 1.22 bits per heavy atom. The molecule has 2 rings (SSSR count). The maximum Gasteiger partial charge on any atom is 0.270 e. The van der Waals surface area contributed by atoms with Crippen LogP contribution in [0.2, 0.25) is 5.02 Å². The minimum absolute atomic E-state index is 0.0616. The van der Waals surface area contributed by atoms with Gasteiger partial charge in [0.1, 0.15) is 0 Å². The molecule has 0 saturated carbocycles. The fraction of sp³-hybridized carbons (Fsp3) is 0.235. The van der Waals surface area contributed by atoms with Crippen molar-refractivity contribution in [3.8, 4) is 0 Å². The van der Waals surface area contributed by atoms with Crippen LogP contribution in [0, 0.1) is 17.0 Å². The van der Waals surface area contributed by atoms with Gasteiger partial charge >= 0.3 is 0 Å². The topological polar surface area (TPSA) is 118 Å². The Balaban J connectivity index is 2.05. The fourth-order valence-corrected chi connectivity index (χ4v) is 3.39. The van der Waals surface area contributed by atoms with Gasteiger partial charge in [-0.25, -0.2) is 8.42 Å². The first-order valence-corrected chi connectivity index (χ1v) is 10.1. The van der Waals surface area contributed by atoms with Crippen molar-refractivity contribution in [1.82, 2.24) is 0 Å². The molecule has 0 bridgehead atoms. The van der Waals surface area contributed by atoms with E-state index in [0.29, 0.717) is 10.7 Å². The molecule has 0 aromatic heterocycles. The first-order valence-electron chi connectivity index (χ1n) is 7.87. The summed E-state index contributed by atoms with van der Waals surface area (Å²) in [5.41, 5.74) is 1.22. The molecule has 2 aromatic rings. The number of nitrogens with zero attached hydrogens (tertiary/aromatic N) is 1. The Labute approximate surface area is 161 Å². The number of sulfone groups is 1. The standard InChI is InChI=1S/C17H18ClN3O5S/c1-11-13(18)4-3-5-14(11)20-17(22)8-9-19-15-7-6-12(21(23)24)10-16(15)27(2,25)26/h3-7,10,19H,8-9H2,1-2H3,(H,20,22). The average Bonchev–Trinajstić information content (AvgIpc) is 2.58. The van der Waals surface area contributed by atoms with E-state index in [-0.39, 0.29) is 35.1 Å². The van der Waals surface area contributed by atoms with Crippen molar-refractivity contribution < 1.29 is 18.1 Å². The number of carbonyl (C=O) groups excluding carboxylic acids is 1. The highest BCUT2D eigenvalue weighted by Crippen LogP contribution is 2.26. The van der Waals surface area contributed by atoms with Gasteiger partial charge in [0.25, 0.3) is 5.69 Å². The molecule has 0 spiro atoms. The van der Waals surface area contributed by atoms with Gasteiger partial charge in [0.15, 0.2) is 9.84 Å². The predicted molar refractivity (Wildman–Crippen MR) is 104 cm³/mol. The summed E-state index contributed by atoms with van der Waals surface area (Å²) < 4.78 is 23.8. The Kier molecular flexibility index (Phi) is 6.40. The SMILES string of the molecule is Cc1c(Cl)cccc1NC(=O)CCNc1ccc([N+](=O)[O-])cc1S(C)(=O)=O. The van der Waals surface area contributed by atoms with E-state index in [9.17, 15) is 23.3 Å². The molecule has 27 heavy (non-hydrogen) atoms. The number of halogens is 1. The minimum Gasteiger partial charge on any atom is -0.383 e. The highest BCUT2D eigenvalue weighted by molar-refractivity contribution is 7.90. The van der Waals surface area contributed by atoms with Crippen molar-refractivity contribution in [3.05, 3.63) is 57.1 Å². The molecule has 0 radical (unpaired) electrons. The number of anilines is 2. The minimum atomic E-state index is -3.68. The van der Waals surface area contributed by atoms with Gasteiger partial charge in [0.05, 0.1) is 15.5 Å². The van der Waals surface area contributed by atoms with Crippen molar-refractivity contribution >= 4 is 44.4 Å². The summed E-state index contributed by atoms with van der Waals surface area (Å²) in [7, 11) is -3.68. The largest absolute Gasteiger partial charge is 0.383 e. The number of hydrogen-bond donors (Lipinski definition) is 2. The molecule has 10 heteroatoms. The maximum atomic E-state index is 12.1. The molecule has 0 heterocycles. The lowest BCUT2D eigenvalue weighted by molar-refractivity contribution is -0.385. The lowest BCUT2D eigenvalue weighted by Crippen LogP contribution is -2.17. The van der Waals surface area contributed by atoms with Crippen molar-refractivity contribution in [3.63, 3.8) is 0 Å². The summed E-state index contributed by atoms with van der Waals surface area (Å²) in [5, 5.41) is 17.0. The third kappa shape index (κ3) is 5.41. The maximum absolute atomic E-state index is 12.1. The molecule has 0 unspecified atom stereocenters. The number of nitro benzene ring substituents is 1. The van der Waals surface area contributed by atoms with E-state index in [1.807, 2.05) is 0 Å². The van der Waals surface area contributed by atoms with E-state index in [1.165, 1.54) is 12.1 Å². The van der Waals surface area contributed by atoms with Crippen LogP contribution in [-0.2, 0) is 14.6 Å². The number of benzene rings is 2. The number of nitrogens with one attached hydrogen (secondary N) is 2. The zero-order valence-corrected chi connectivity index (χ0v) is 16.2. The molecule has 1 amide bonds. The smallest absolute Gasteiger partial charge is 0.270 e.